The summed E-state index contributed by atoms with van der Waals surface area (Å²) in [5.74, 6) is 0. The molecule has 126 valence electrons. The fourth-order valence-corrected chi connectivity index (χ4v) is 3.06. The summed E-state index contributed by atoms with van der Waals surface area (Å²) in [7, 11) is 0. The number of hydrogen-bond acceptors (Lipinski definition) is 2. The van der Waals surface area contributed by atoms with E-state index < -0.39 is 0 Å². The minimum Gasteiger partial charge on any atom is -0.309 e. The molecule has 0 spiro atoms. The van der Waals surface area contributed by atoms with Crippen LogP contribution in [0.4, 0.5) is 5.69 Å². The third-order valence-electron chi connectivity index (χ3n) is 4.40. The van der Waals surface area contributed by atoms with Crippen LogP contribution in [0.25, 0.3) is 16.6 Å². The summed E-state index contributed by atoms with van der Waals surface area (Å²) in [6.07, 6.45) is 0.766. The van der Waals surface area contributed by atoms with Crippen LogP contribution in [0.5, 0.6) is 0 Å². The molecule has 3 rings (SSSR count). The van der Waals surface area contributed by atoms with Gasteiger partial charge in [-0.15, -0.1) is 0 Å². The molecule has 4 heteroatoms. The molecular formula is C21H20N2O2. The number of carbonyl (C=O) groups is 1. The van der Waals surface area contributed by atoms with Gasteiger partial charge < -0.3 is 4.57 Å². The summed E-state index contributed by atoms with van der Waals surface area (Å²) >= 11 is 0. The van der Waals surface area contributed by atoms with Gasteiger partial charge in [-0.05, 0) is 43.2 Å². The topological polar surface area (TPSA) is 42.3 Å². The molecule has 0 bridgehead atoms. The highest BCUT2D eigenvalue weighted by Gasteiger charge is 2.13. The lowest BCUT2D eigenvalue weighted by atomic mass is 10.1. The van der Waals surface area contributed by atoms with Crippen LogP contribution in [0, 0.1) is 6.92 Å². The number of carbonyl (C=O) groups excluding carboxylic acids is 1. The number of rotatable bonds is 5. The van der Waals surface area contributed by atoms with Crippen LogP contribution in [0.2, 0.25) is 0 Å². The first-order chi connectivity index (χ1) is 12.1. The van der Waals surface area contributed by atoms with Crippen LogP contribution in [0.15, 0.2) is 66.0 Å². The lowest BCUT2D eigenvalue weighted by Gasteiger charge is -2.21. The molecule has 2 aromatic carbocycles. The van der Waals surface area contributed by atoms with Crippen LogP contribution >= 0.6 is 0 Å². The third-order valence-corrected chi connectivity index (χ3v) is 4.40. The van der Waals surface area contributed by atoms with E-state index in [-0.39, 0.29) is 5.56 Å². The van der Waals surface area contributed by atoms with E-state index in [2.05, 4.69) is 6.58 Å². The number of amides is 1. The SMILES string of the molecule is C=C(c1ccccc1)N(C=O)c1ccc2c(c1)c(C)cc(=O)n2CC. The second-order valence-electron chi connectivity index (χ2n) is 5.90. The average Bonchev–Trinajstić information content (AvgIpc) is 2.63. The van der Waals surface area contributed by atoms with Crippen LogP contribution in [0.1, 0.15) is 18.1 Å². The summed E-state index contributed by atoms with van der Waals surface area (Å²) in [6, 6.07) is 16.9. The van der Waals surface area contributed by atoms with Gasteiger partial charge >= 0.3 is 0 Å². The molecule has 25 heavy (non-hydrogen) atoms. The standard InChI is InChI=1S/C21H20N2O2/c1-4-22-20-11-10-18(13-19(20)15(2)12-21(22)25)23(14-24)16(3)17-8-6-5-7-9-17/h5-14H,3-4H2,1-2H3. The Morgan fingerprint density at radius 1 is 1.16 bits per heavy atom. The van der Waals surface area contributed by atoms with Gasteiger partial charge in [0.25, 0.3) is 5.56 Å². The van der Waals surface area contributed by atoms with E-state index in [0.29, 0.717) is 12.2 Å². The Morgan fingerprint density at radius 3 is 2.52 bits per heavy atom. The van der Waals surface area contributed by atoms with Crippen LogP contribution < -0.4 is 10.5 Å². The average molecular weight is 332 g/mol. The minimum absolute atomic E-state index is 0.0128. The molecular weight excluding hydrogens is 312 g/mol. The number of fused-ring (bicyclic) bond motifs is 1. The minimum atomic E-state index is -0.0128. The van der Waals surface area contributed by atoms with Gasteiger partial charge in [-0.1, -0.05) is 36.9 Å². The molecule has 0 saturated heterocycles. The molecule has 0 radical (unpaired) electrons. The number of aryl methyl sites for hydroxylation is 2. The number of anilines is 1. The number of aromatic nitrogens is 1. The number of pyridine rings is 1. The van der Waals surface area contributed by atoms with Crippen molar-refractivity contribution in [3.05, 3.63) is 82.7 Å². The first kappa shape index (κ1) is 16.7. The van der Waals surface area contributed by atoms with E-state index in [0.717, 1.165) is 34.1 Å². The maximum absolute atomic E-state index is 12.1. The van der Waals surface area contributed by atoms with Gasteiger partial charge in [-0.25, -0.2) is 0 Å². The Morgan fingerprint density at radius 2 is 1.88 bits per heavy atom. The van der Waals surface area contributed by atoms with Crippen molar-refractivity contribution in [3.8, 4) is 0 Å². The molecule has 1 aromatic heterocycles. The van der Waals surface area contributed by atoms with Gasteiger partial charge in [0.05, 0.1) is 5.52 Å². The van der Waals surface area contributed by atoms with Crippen molar-refractivity contribution < 1.29 is 4.79 Å². The smallest absolute Gasteiger partial charge is 0.251 e. The van der Waals surface area contributed by atoms with E-state index >= 15 is 0 Å². The Bertz CT molecular complexity index is 1000. The van der Waals surface area contributed by atoms with E-state index in [1.165, 1.54) is 4.90 Å². The molecule has 1 heterocycles. The quantitative estimate of drug-likeness (QED) is 0.664. The van der Waals surface area contributed by atoms with Crippen molar-refractivity contribution in [2.45, 2.75) is 20.4 Å². The summed E-state index contributed by atoms with van der Waals surface area (Å²) in [4.78, 5) is 25.4. The van der Waals surface area contributed by atoms with Crippen molar-refractivity contribution in [1.29, 1.82) is 0 Å². The Labute approximate surface area is 146 Å². The van der Waals surface area contributed by atoms with Crippen LogP contribution in [-0.2, 0) is 11.3 Å². The van der Waals surface area contributed by atoms with Crippen molar-refractivity contribution >= 4 is 28.7 Å². The number of hydrogen-bond donors (Lipinski definition) is 0. The number of benzene rings is 2. The predicted octanol–water partition coefficient (Wildman–Crippen LogP) is 3.96. The zero-order valence-electron chi connectivity index (χ0n) is 14.4. The molecule has 1 amide bonds. The Balaban J connectivity index is 2.13. The van der Waals surface area contributed by atoms with Gasteiger partial charge in [0.15, 0.2) is 0 Å². The van der Waals surface area contributed by atoms with E-state index in [4.69, 9.17) is 0 Å². The van der Waals surface area contributed by atoms with Gasteiger partial charge in [-0.3, -0.25) is 14.5 Å². The molecule has 0 unspecified atom stereocenters. The molecule has 0 N–H and O–H groups in total. The monoisotopic (exact) mass is 332 g/mol. The maximum atomic E-state index is 12.1. The predicted molar refractivity (Wildman–Crippen MR) is 103 cm³/mol. The highest BCUT2D eigenvalue weighted by atomic mass is 16.1. The Kier molecular flexibility index (Phi) is 4.52. The second-order valence-corrected chi connectivity index (χ2v) is 5.90. The summed E-state index contributed by atoms with van der Waals surface area (Å²) in [5.41, 5.74) is 3.96. The summed E-state index contributed by atoms with van der Waals surface area (Å²) < 4.78 is 1.73. The molecule has 0 aliphatic carbocycles. The molecule has 0 aliphatic heterocycles. The van der Waals surface area contributed by atoms with Crippen molar-refractivity contribution in [1.82, 2.24) is 4.57 Å². The molecule has 0 aliphatic rings. The highest BCUT2D eigenvalue weighted by Crippen LogP contribution is 2.28. The zero-order valence-corrected chi connectivity index (χ0v) is 14.4. The highest BCUT2D eigenvalue weighted by molar-refractivity contribution is 5.97. The largest absolute Gasteiger partial charge is 0.309 e. The third kappa shape index (κ3) is 2.98. The van der Waals surface area contributed by atoms with Gasteiger partial charge in [0.1, 0.15) is 0 Å². The lowest BCUT2D eigenvalue weighted by molar-refractivity contribution is -0.106. The maximum Gasteiger partial charge on any atom is 0.251 e. The Hall–Kier alpha value is -3.14. The summed E-state index contributed by atoms with van der Waals surface area (Å²) in [6.45, 7) is 8.51. The normalized spacial score (nSPS) is 10.6. The van der Waals surface area contributed by atoms with Crippen LogP contribution in [0.3, 0.4) is 0 Å². The van der Waals surface area contributed by atoms with Gasteiger partial charge in [0, 0.05) is 29.4 Å². The second kappa shape index (κ2) is 6.77. The molecule has 3 aromatic rings. The van der Waals surface area contributed by atoms with Crippen molar-refractivity contribution in [2.24, 2.45) is 0 Å². The van der Waals surface area contributed by atoms with Gasteiger partial charge in [0.2, 0.25) is 6.41 Å². The first-order valence-electron chi connectivity index (χ1n) is 8.20. The fourth-order valence-electron chi connectivity index (χ4n) is 3.06. The van der Waals surface area contributed by atoms with E-state index in [1.807, 2.05) is 62.4 Å². The molecule has 0 saturated carbocycles. The first-order valence-corrected chi connectivity index (χ1v) is 8.20. The summed E-state index contributed by atoms with van der Waals surface area (Å²) in [5, 5.41) is 0.951. The molecule has 4 nitrogen and oxygen atoms in total. The zero-order chi connectivity index (χ0) is 18.0. The van der Waals surface area contributed by atoms with Gasteiger partial charge in [-0.2, -0.15) is 0 Å². The fraction of sp³-hybridized carbons (Fsp3) is 0.143. The van der Waals surface area contributed by atoms with Crippen molar-refractivity contribution in [3.63, 3.8) is 0 Å². The van der Waals surface area contributed by atoms with E-state index in [1.54, 1.807) is 10.6 Å². The lowest BCUT2D eigenvalue weighted by Crippen LogP contribution is -2.21. The number of nitrogens with zero attached hydrogens (tertiary/aromatic N) is 2. The molecule has 0 atom stereocenters. The van der Waals surface area contributed by atoms with Crippen LogP contribution in [-0.4, -0.2) is 11.0 Å². The van der Waals surface area contributed by atoms with E-state index in [9.17, 15) is 9.59 Å². The molecule has 0 fully saturated rings. The van der Waals surface area contributed by atoms with Crippen molar-refractivity contribution in [2.75, 3.05) is 4.90 Å².